The van der Waals surface area contributed by atoms with Crippen molar-refractivity contribution in [2.45, 2.75) is 24.2 Å². The van der Waals surface area contributed by atoms with Crippen molar-refractivity contribution in [3.05, 3.63) is 48.5 Å². The zero-order valence-electron chi connectivity index (χ0n) is 14.5. The van der Waals surface area contributed by atoms with Crippen molar-refractivity contribution < 1.29 is 17.9 Å². The number of amides is 2. The molecule has 0 aromatic heterocycles. The van der Waals surface area contributed by atoms with Gasteiger partial charge >= 0.3 is 6.03 Å². The van der Waals surface area contributed by atoms with Gasteiger partial charge in [0.25, 0.3) is 10.0 Å². The Bertz CT molecular complexity index is 954. The number of carbonyl (C=O) groups is 1. The number of fused-ring (bicyclic) bond motifs is 1. The van der Waals surface area contributed by atoms with Gasteiger partial charge in [0, 0.05) is 12.6 Å². The van der Waals surface area contributed by atoms with E-state index >= 15 is 0 Å². The van der Waals surface area contributed by atoms with Gasteiger partial charge in [-0.1, -0.05) is 24.6 Å². The number of carbonyl (C=O) groups excluding carboxylic acids is 1. The second-order valence-electron chi connectivity index (χ2n) is 6.63. The van der Waals surface area contributed by atoms with Crippen LogP contribution in [0.25, 0.3) is 0 Å². The molecule has 0 saturated heterocycles. The molecular weight excluding hydrogens is 352 g/mol. The summed E-state index contributed by atoms with van der Waals surface area (Å²) >= 11 is 0. The van der Waals surface area contributed by atoms with Crippen LogP contribution in [0, 0.1) is 5.92 Å². The molecule has 26 heavy (non-hydrogen) atoms. The van der Waals surface area contributed by atoms with Crippen LogP contribution in [0.15, 0.2) is 53.4 Å². The Hall–Kier alpha value is -2.54. The molecule has 0 N–H and O–H groups in total. The van der Waals surface area contributed by atoms with E-state index < -0.39 is 16.1 Å². The van der Waals surface area contributed by atoms with E-state index in [1.54, 1.807) is 53.4 Å². The van der Waals surface area contributed by atoms with E-state index in [-0.39, 0.29) is 10.6 Å². The fourth-order valence-electron chi connectivity index (χ4n) is 3.41. The number of hydrogen-bond acceptors (Lipinski definition) is 4. The molecule has 1 fully saturated rings. The third-order valence-corrected chi connectivity index (χ3v) is 6.78. The van der Waals surface area contributed by atoms with E-state index in [0.29, 0.717) is 23.9 Å². The predicted molar refractivity (Wildman–Crippen MR) is 99.2 cm³/mol. The van der Waals surface area contributed by atoms with Gasteiger partial charge in [-0.05, 0) is 43.0 Å². The van der Waals surface area contributed by atoms with E-state index in [1.807, 2.05) is 0 Å². The van der Waals surface area contributed by atoms with Crippen LogP contribution in [0.5, 0.6) is 5.75 Å². The quantitative estimate of drug-likeness (QED) is 0.822. The minimum Gasteiger partial charge on any atom is -0.497 e. The first-order chi connectivity index (χ1) is 12.5. The average molecular weight is 372 g/mol. The normalized spacial score (nSPS) is 19.0. The molecule has 2 aromatic rings. The number of anilines is 2. The first-order valence-electron chi connectivity index (χ1n) is 8.62. The standard InChI is InChI=1S/C19H20N2O4S/c1-25-16-9-5-8-15(12-16)21-19(22)20(13-14-6-4-7-14)17-10-2-3-11-18(17)26(21,23)24/h2-3,5,8-12,14H,4,6-7,13H2,1H3. The summed E-state index contributed by atoms with van der Waals surface area (Å²) in [5, 5.41) is 0. The van der Waals surface area contributed by atoms with Gasteiger partial charge in [-0.15, -0.1) is 0 Å². The van der Waals surface area contributed by atoms with Gasteiger partial charge in [-0.3, -0.25) is 4.90 Å². The lowest BCUT2D eigenvalue weighted by molar-refractivity contribution is 0.248. The minimum absolute atomic E-state index is 0.154. The highest BCUT2D eigenvalue weighted by Crippen LogP contribution is 2.39. The predicted octanol–water partition coefficient (Wildman–Crippen LogP) is 3.63. The molecule has 1 aliphatic heterocycles. The number of ether oxygens (including phenoxy) is 1. The van der Waals surface area contributed by atoms with Gasteiger partial charge in [0.1, 0.15) is 10.6 Å². The second-order valence-corrected chi connectivity index (χ2v) is 8.38. The van der Waals surface area contributed by atoms with Gasteiger partial charge in [0.2, 0.25) is 0 Å². The molecule has 2 amide bonds. The molecule has 1 aliphatic carbocycles. The van der Waals surface area contributed by atoms with Crippen molar-refractivity contribution in [1.29, 1.82) is 0 Å². The Kier molecular flexibility index (Phi) is 4.11. The van der Waals surface area contributed by atoms with Crippen LogP contribution in [0.2, 0.25) is 0 Å². The second kappa shape index (κ2) is 6.32. The Morgan fingerprint density at radius 3 is 2.58 bits per heavy atom. The highest BCUT2D eigenvalue weighted by Gasteiger charge is 2.43. The van der Waals surface area contributed by atoms with Crippen molar-refractivity contribution >= 4 is 27.4 Å². The zero-order chi connectivity index (χ0) is 18.3. The molecule has 4 rings (SSSR count). The van der Waals surface area contributed by atoms with Gasteiger partial charge in [0.05, 0.1) is 18.5 Å². The van der Waals surface area contributed by atoms with Crippen molar-refractivity contribution in [1.82, 2.24) is 0 Å². The van der Waals surface area contributed by atoms with E-state index in [9.17, 15) is 13.2 Å². The summed E-state index contributed by atoms with van der Waals surface area (Å²) in [5.41, 5.74) is 0.742. The number of urea groups is 1. The molecule has 2 aromatic carbocycles. The molecule has 136 valence electrons. The monoisotopic (exact) mass is 372 g/mol. The Labute approximate surface area is 153 Å². The average Bonchev–Trinajstić information content (AvgIpc) is 2.60. The highest BCUT2D eigenvalue weighted by atomic mass is 32.2. The molecule has 0 unspecified atom stereocenters. The third-order valence-electron chi connectivity index (χ3n) is 5.03. The smallest absolute Gasteiger partial charge is 0.343 e. The molecule has 0 radical (unpaired) electrons. The molecular formula is C19H20N2O4S. The van der Waals surface area contributed by atoms with E-state index in [2.05, 4.69) is 0 Å². The minimum atomic E-state index is -3.98. The summed E-state index contributed by atoms with van der Waals surface area (Å²) in [4.78, 5) is 15.0. The molecule has 0 bridgehead atoms. The molecule has 0 spiro atoms. The van der Waals surface area contributed by atoms with Crippen molar-refractivity contribution in [3.8, 4) is 5.75 Å². The maximum absolute atomic E-state index is 13.2. The van der Waals surface area contributed by atoms with Crippen LogP contribution in [-0.4, -0.2) is 28.1 Å². The fourth-order valence-corrected chi connectivity index (χ4v) is 4.99. The van der Waals surface area contributed by atoms with Gasteiger partial charge in [0.15, 0.2) is 0 Å². The number of nitrogens with zero attached hydrogens (tertiary/aromatic N) is 2. The Morgan fingerprint density at radius 2 is 1.88 bits per heavy atom. The van der Waals surface area contributed by atoms with Gasteiger partial charge in [-0.25, -0.2) is 13.2 Å². The number of methoxy groups -OCH3 is 1. The Morgan fingerprint density at radius 1 is 1.12 bits per heavy atom. The van der Waals surface area contributed by atoms with Crippen molar-refractivity contribution in [2.24, 2.45) is 5.92 Å². The molecule has 0 atom stereocenters. The largest absolute Gasteiger partial charge is 0.497 e. The fraction of sp³-hybridized carbons (Fsp3) is 0.316. The summed E-state index contributed by atoms with van der Waals surface area (Å²) in [5.74, 6) is 0.912. The first-order valence-corrected chi connectivity index (χ1v) is 10.1. The lowest BCUT2D eigenvalue weighted by Gasteiger charge is -2.39. The molecule has 1 saturated carbocycles. The SMILES string of the molecule is COc1cccc(N2C(=O)N(CC3CCC3)c3ccccc3S2(=O)=O)c1. The van der Waals surface area contributed by atoms with Crippen LogP contribution in [0.1, 0.15) is 19.3 Å². The van der Waals surface area contributed by atoms with E-state index in [0.717, 1.165) is 23.6 Å². The maximum Gasteiger partial charge on any atom is 0.343 e. The molecule has 1 heterocycles. The van der Waals surface area contributed by atoms with E-state index in [1.165, 1.54) is 7.11 Å². The van der Waals surface area contributed by atoms with Gasteiger partial charge in [-0.2, -0.15) is 4.31 Å². The van der Waals surface area contributed by atoms with E-state index in [4.69, 9.17) is 4.74 Å². The third kappa shape index (κ3) is 2.63. The van der Waals surface area contributed by atoms with Crippen LogP contribution in [0.4, 0.5) is 16.2 Å². The van der Waals surface area contributed by atoms with Gasteiger partial charge < -0.3 is 4.74 Å². The lowest BCUT2D eigenvalue weighted by atomic mass is 9.85. The molecule has 6 nitrogen and oxygen atoms in total. The number of hydrogen-bond donors (Lipinski definition) is 0. The molecule has 2 aliphatic rings. The summed E-state index contributed by atoms with van der Waals surface area (Å²) in [6, 6.07) is 12.7. The summed E-state index contributed by atoms with van der Waals surface area (Å²) in [6.45, 7) is 0.534. The lowest BCUT2D eigenvalue weighted by Crippen LogP contribution is -2.52. The summed E-state index contributed by atoms with van der Waals surface area (Å²) < 4.78 is 32.4. The Balaban J connectivity index is 1.84. The summed E-state index contributed by atoms with van der Waals surface area (Å²) in [7, 11) is -2.48. The zero-order valence-corrected chi connectivity index (χ0v) is 15.3. The van der Waals surface area contributed by atoms with Crippen LogP contribution < -0.4 is 13.9 Å². The molecule has 7 heteroatoms. The highest BCUT2D eigenvalue weighted by molar-refractivity contribution is 7.94. The van der Waals surface area contributed by atoms with Crippen LogP contribution >= 0.6 is 0 Å². The number of sulfonamides is 1. The number of para-hydroxylation sites is 1. The maximum atomic E-state index is 13.2. The van der Waals surface area contributed by atoms with Crippen molar-refractivity contribution in [2.75, 3.05) is 22.9 Å². The van der Waals surface area contributed by atoms with Crippen LogP contribution in [0.3, 0.4) is 0 Å². The number of rotatable bonds is 4. The van der Waals surface area contributed by atoms with Crippen molar-refractivity contribution in [3.63, 3.8) is 0 Å². The number of benzene rings is 2. The van der Waals surface area contributed by atoms with Crippen LogP contribution in [-0.2, 0) is 10.0 Å². The summed E-state index contributed by atoms with van der Waals surface area (Å²) in [6.07, 6.45) is 3.29. The topological polar surface area (TPSA) is 66.9 Å². The first kappa shape index (κ1) is 16.9.